The van der Waals surface area contributed by atoms with Crippen LogP contribution in [0.4, 0.5) is 0 Å². The number of benzene rings is 2. The molecule has 1 heterocycles. The highest BCUT2D eigenvalue weighted by molar-refractivity contribution is 7.18. The number of carbonyl (C=O) groups is 1. The first kappa shape index (κ1) is 14.8. The van der Waals surface area contributed by atoms with Crippen LogP contribution >= 0.6 is 22.9 Å². The van der Waals surface area contributed by atoms with Gasteiger partial charge in [-0.3, -0.25) is 0 Å². The fourth-order valence-electron chi connectivity index (χ4n) is 1.93. The van der Waals surface area contributed by atoms with E-state index in [2.05, 4.69) is 4.98 Å². The molecule has 0 N–H and O–H groups in total. The van der Waals surface area contributed by atoms with Crippen LogP contribution < -0.4 is 0 Å². The summed E-state index contributed by atoms with van der Waals surface area (Å²) in [6, 6.07) is 15.1. The van der Waals surface area contributed by atoms with Crippen molar-refractivity contribution in [1.82, 2.24) is 4.98 Å². The number of thiazole rings is 1. The average Bonchev–Trinajstić information content (AvgIpc) is 2.95. The third-order valence-electron chi connectivity index (χ3n) is 2.98. The van der Waals surface area contributed by atoms with E-state index in [4.69, 9.17) is 16.3 Å². The topological polar surface area (TPSA) is 39.2 Å². The molecule has 2 aromatic carbocycles. The summed E-state index contributed by atoms with van der Waals surface area (Å²) in [4.78, 5) is 16.2. The van der Waals surface area contributed by atoms with Gasteiger partial charge in [-0.05, 0) is 29.8 Å². The van der Waals surface area contributed by atoms with Gasteiger partial charge in [0, 0.05) is 11.1 Å². The summed E-state index contributed by atoms with van der Waals surface area (Å²) >= 11 is 7.54. The number of fused-ring (bicyclic) bond motifs is 1. The second-order valence-corrected chi connectivity index (χ2v) is 6.06. The van der Waals surface area contributed by atoms with Gasteiger partial charge < -0.3 is 4.74 Å². The van der Waals surface area contributed by atoms with E-state index in [9.17, 15) is 4.79 Å². The normalized spacial score (nSPS) is 11.1. The van der Waals surface area contributed by atoms with Crippen LogP contribution in [-0.2, 0) is 16.1 Å². The molecule has 0 atom stereocenters. The molecule has 0 saturated carbocycles. The van der Waals surface area contributed by atoms with Gasteiger partial charge in [0.1, 0.15) is 11.6 Å². The lowest BCUT2D eigenvalue weighted by Crippen LogP contribution is -2.00. The van der Waals surface area contributed by atoms with E-state index in [1.807, 2.05) is 42.5 Å². The monoisotopic (exact) mass is 329 g/mol. The van der Waals surface area contributed by atoms with Crippen LogP contribution in [0.5, 0.6) is 0 Å². The smallest absolute Gasteiger partial charge is 0.331 e. The predicted octanol–water partition coefficient (Wildman–Crippen LogP) is 4.71. The number of hydrogen-bond acceptors (Lipinski definition) is 4. The first-order valence-electron chi connectivity index (χ1n) is 6.66. The third kappa shape index (κ3) is 3.53. The van der Waals surface area contributed by atoms with Gasteiger partial charge >= 0.3 is 5.97 Å². The van der Waals surface area contributed by atoms with E-state index in [1.165, 1.54) is 17.4 Å². The molecule has 110 valence electrons. The Hall–Kier alpha value is -2.17. The molecule has 0 aliphatic carbocycles. The molecule has 0 aliphatic heterocycles. The maximum atomic E-state index is 11.7. The van der Waals surface area contributed by atoms with Crippen LogP contribution in [-0.4, -0.2) is 11.0 Å². The fourth-order valence-corrected chi connectivity index (χ4v) is 3.01. The highest BCUT2D eigenvalue weighted by Crippen LogP contribution is 2.22. The Labute approximate surface area is 136 Å². The van der Waals surface area contributed by atoms with Gasteiger partial charge in [0.15, 0.2) is 0 Å². The molecule has 3 rings (SSSR count). The predicted molar refractivity (Wildman–Crippen MR) is 89.9 cm³/mol. The number of halogens is 1. The van der Waals surface area contributed by atoms with Crippen molar-refractivity contribution in [3.63, 3.8) is 0 Å². The Morgan fingerprint density at radius 3 is 2.77 bits per heavy atom. The number of carbonyl (C=O) groups excluding carboxylic acids is 1. The molecule has 0 saturated heterocycles. The molecule has 22 heavy (non-hydrogen) atoms. The van der Waals surface area contributed by atoms with Crippen molar-refractivity contribution in [1.29, 1.82) is 0 Å². The van der Waals surface area contributed by atoms with E-state index in [1.54, 1.807) is 12.1 Å². The molecular weight excluding hydrogens is 318 g/mol. The summed E-state index contributed by atoms with van der Waals surface area (Å²) in [5, 5.41) is 1.37. The van der Waals surface area contributed by atoms with Gasteiger partial charge in [0.2, 0.25) is 0 Å². The largest absolute Gasteiger partial charge is 0.455 e. The average molecular weight is 330 g/mol. The van der Waals surface area contributed by atoms with Crippen LogP contribution in [0, 0.1) is 0 Å². The lowest BCUT2D eigenvalue weighted by molar-refractivity contribution is -0.138. The standard InChI is InChI=1S/C17H12ClNO2S/c18-13-6-2-1-5-12(13)9-10-17(20)21-11-16-19-14-7-3-4-8-15(14)22-16/h1-10H,11H2/b10-9+. The quantitative estimate of drug-likeness (QED) is 0.514. The van der Waals surface area contributed by atoms with E-state index in [-0.39, 0.29) is 6.61 Å². The minimum absolute atomic E-state index is 0.172. The Morgan fingerprint density at radius 2 is 1.95 bits per heavy atom. The first-order valence-corrected chi connectivity index (χ1v) is 7.85. The van der Waals surface area contributed by atoms with Crippen LogP contribution in [0.3, 0.4) is 0 Å². The van der Waals surface area contributed by atoms with Crippen LogP contribution in [0.25, 0.3) is 16.3 Å². The number of hydrogen-bond donors (Lipinski definition) is 0. The van der Waals surface area contributed by atoms with Crippen LogP contribution in [0.15, 0.2) is 54.6 Å². The maximum absolute atomic E-state index is 11.7. The molecule has 3 aromatic rings. The highest BCUT2D eigenvalue weighted by Gasteiger charge is 2.05. The van der Waals surface area contributed by atoms with Gasteiger partial charge in [-0.2, -0.15) is 0 Å². The molecule has 0 spiro atoms. The minimum Gasteiger partial charge on any atom is -0.455 e. The molecular formula is C17H12ClNO2S. The Kier molecular flexibility index (Phi) is 4.51. The lowest BCUT2D eigenvalue weighted by Gasteiger charge is -1.99. The summed E-state index contributed by atoms with van der Waals surface area (Å²) in [6.07, 6.45) is 3.01. The number of esters is 1. The molecule has 1 aromatic heterocycles. The van der Waals surface area contributed by atoms with Crippen LogP contribution in [0.2, 0.25) is 5.02 Å². The molecule has 0 aliphatic rings. The van der Waals surface area contributed by atoms with Crippen molar-refractivity contribution in [2.24, 2.45) is 0 Å². The molecule has 0 fully saturated rings. The lowest BCUT2D eigenvalue weighted by atomic mass is 10.2. The van der Waals surface area contributed by atoms with Gasteiger partial charge in [0.05, 0.1) is 10.2 Å². The minimum atomic E-state index is -0.417. The third-order valence-corrected chi connectivity index (χ3v) is 4.33. The van der Waals surface area contributed by atoms with Crippen molar-refractivity contribution in [2.45, 2.75) is 6.61 Å². The van der Waals surface area contributed by atoms with Crippen molar-refractivity contribution in [3.8, 4) is 0 Å². The second kappa shape index (κ2) is 6.73. The summed E-state index contributed by atoms with van der Waals surface area (Å²) in [6.45, 7) is 0.172. The van der Waals surface area contributed by atoms with E-state index >= 15 is 0 Å². The van der Waals surface area contributed by atoms with Crippen LogP contribution in [0.1, 0.15) is 10.6 Å². The molecule has 3 nitrogen and oxygen atoms in total. The zero-order chi connectivity index (χ0) is 15.4. The summed E-state index contributed by atoms with van der Waals surface area (Å²) in [5.41, 5.74) is 1.70. The Morgan fingerprint density at radius 1 is 1.18 bits per heavy atom. The second-order valence-electron chi connectivity index (χ2n) is 4.54. The first-order chi connectivity index (χ1) is 10.7. The van der Waals surface area contributed by atoms with Crippen molar-refractivity contribution in [2.75, 3.05) is 0 Å². The molecule has 0 radical (unpaired) electrons. The number of aromatic nitrogens is 1. The molecule has 5 heteroatoms. The van der Waals surface area contributed by atoms with Crippen molar-refractivity contribution < 1.29 is 9.53 Å². The van der Waals surface area contributed by atoms with E-state index in [0.717, 1.165) is 20.8 Å². The molecule has 0 unspecified atom stereocenters. The van der Waals surface area contributed by atoms with Crippen molar-refractivity contribution >= 4 is 45.2 Å². The highest BCUT2D eigenvalue weighted by atomic mass is 35.5. The Balaban J connectivity index is 1.61. The number of rotatable bonds is 4. The van der Waals surface area contributed by atoms with E-state index in [0.29, 0.717) is 5.02 Å². The summed E-state index contributed by atoms with van der Waals surface area (Å²) in [5.74, 6) is -0.417. The molecule has 0 bridgehead atoms. The van der Waals surface area contributed by atoms with Gasteiger partial charge in [-0.15, -0.1) is 11.3 Å². The van der Waals surface area contributed by atoms with Gasteiger partial charge in [-0.1, -0.05) is 41.9 Å². The summed E-state index contributed by atoms with van der Waals surface area (Å²) < 4.78 is 6.28. The summed E-state index contributed by atoms with van der Waals surface area (Å²) in [7, 11) is 0. The number of ether oxygens (including phenoxy) is 1. The molecule has 0 amide bonds. The number of nitrogens with zero attached hydrogens (tertiary/aromatic N) is 1. The maximum Gasteiger partial charge on any atom is 0.331 e. The van der Waals surface area contributed by atoms with Crippen molar-refractivity contribution in [3.05, 3.63) is 70.2 Å². The van der Waals surface area contributed by atoms with Gasteiger partial charge in [-0.25, -0.2) is 9.78 Å². The Bertz CT molecular complexity index is 808. The zero-order valence-electron chi connectivity index (χ0n) is 11.5. The fraction of sp³-hybridized carbons (Fsp3) is 0.0588. The zero-order valence-corrected chi connectivity index (χ0v) is 13.1. The van der Waals surface area contributed by atoms with E-state index < -0.39 is 5.97 Å². The SMILES string of the molecule is O=C(/C=C/c1ccccc1Cl)OCc1nc2ccccc2s1. The van der Waals surface area contributed by atoms with Gasteiger partial charge in [0.25, 0.3) is 0 Å². The number of para-hydroxylation sites is 1.